The number of hydrogen-bond acceptors (Lipinski definition) is 3. The summed E-state index contributed by atoms with van der Waals surface area (Å²) in [6.07, 6.45) is 1.08. The molecule has 0 aliphatic carbocycles. The molecule has 3 nitrogen and oxygen atoms in total. The molecule has 1 aliphatic heterocycles. The fourth-order valence-corrected chi connectivity index (χ4v) is 3.91. The van der Waals surface area contributed by atoms with Gasteiger partial charge in [0, 0.05) is 31.5 Å². The number of hydrogen-bond donors (Lipinski definition) is 0. The van der Waals surface area contributed by atoms with E-state index in [2.05, 4.69) is 40.2 Å². The third kappa shape index (κ3) is 4.82. The van der Waals surface area contributed by atoms with Gasteiger partial charge < -0.3 is 4.74 Å². The molecule has 1 aromatic heterocycles. The highest BCUT2D eigenvalue weighted by Gasteiger charge is 2.30. The van der Waals surface area contributed by atoms with Crippen molar-refractivity contribution in [1.82, 2.24) is 9.88 Å². The van der Waals surface area contributed by atoms with Crippen LogP contribution in [0, 0.1) is 0 Å². The van der Waals surface area contributed by atoms with Gasteiger partial charge in [-0.15, -0.1) is 0 Å². The third-order valence-corrected chi connectivity index (χ3v) is 5.46. The largest absolute Gasteiger partial charge is 0.494 e. The summed E-state index contributed by atoms with van der Waals surface area (Å²) in [4.78, 5) is 6.71. The Balaban J connectivity index is 1.37. The van der Waals surface area contributed by atoms with E-state index in [0.717, 1.165) is 38.1 Å². The van der Waals surface area contributed by atoms with Crippen molar-refractivity contribution >= 4 is 0 Å². The fraction of sp³-hybridized carbons (Fsp3) is 0.292. The maximum Gasteiger partial charge on any atom is 0.416 e. The lowest BCUT2D eigenvalue weighted by atomic mass is 9.90. The van der Waals surface area contributed by atoms with E-state index in [9.17, 15) is 13.2 Å². The summed E-state index contributed by atoms with van der Waals surface area (Å²) in [6, 6.07) is 17.7. The van der Waals surface area contributed by atoms with Crippen molar-refractivity contribution in [2.75, 3.05) is 13.2 Å². The van der Waals surface area contributed by atoms with Crippen LogP contribution in [0.15, 0.2) is 73.1 Å². The predicted octanol–water partition coefficient (Wildman–Crippen LogP) is 5.67. The number of rotatable bonds is 6. The van der Waals surface area contributed by atoms with E-state index < -0.39 is 11.7 Å². The second-order valence-corrected chi connectivity index (χ2v) is 7.47. The second-order valence-electron chi connectivity index (χ2n) is 7.47. The fourth-order valence-electron chi connectivity index (χ4n) is 3.91. The summed E-state index contributed by atoms with van der Waals surface area (Å²) in [5.41, 5.74) is 3.22. The van der Waals surface area contributed by atoms with Crippen molar-refractivity contribution in [2.45, 2.75) is 31.6 Å². The van der Waals surface area contributed by atoms with Gasteiger partial charge in [0.15, 0.2) is 0 Å². The van der Waals surface area contributed by atoms with E-state index in [1.807, 2.05) is 12.3 Å². The second kappa shape index (κ2) is 8.88. The molecule has 0 spiro atoms. The third-order valence-electron chi connectivity index (χ3n) is 5.46. The van der Waals surface area contributed by atoms with Crippen LogP contribution in [0.1, 0.15) is 34.7 Å². The van der Waals surface area contributed by atoms with E-state index in [1.165, 1.54) is 28.8 Å². The zero-order valence-electron chi connectivity index (χ0n) is 16.5. The summed E-state index contributed by atoms with van der Waals surface area (Å²) >= 11 is 0. The van der Waals surface area contributed by atoms with Gasteiger partial charge in [0.1, 0.15) is 5.75 Å². The Bertz CT molecular complexity index is 958. The van der Waals surface area contributed by atoms with Crippen LogP contribution < -0.4 is 4.74 Å². The van der Waals surface area contributed by atoms with Crippen LogP contribution >= 0.6 is 0 Å². The van der Waals surface area contributed by atoms with Crippen LogP contribution in [0.4, 0.5) is 13.2 Å². The molecule has 0 N–H and O–H groups in total. The van der Waals surface area contributed by atoms with E-state index in [0.29, 0.717) is 12.4 Å². The van der Waals surface area contributed by atoms with Gasteiger partial charge in [0.05, 0.1) is 12.2 Å². The lowest BCUT2D eigenvalue weighted by molar-refractivity contribution is -0.137. The summed E-state index contributed by atoms with van der Waals surface area (Å²) in [5, 5.41) is 0. The number of alkyl halides is 3. The molecule has 2 aromatic carbocycles. The molecule has 0 fully saturated rings. The van der Waals surface area contributed by atoms with Gasteiger partial charge in [-0.3, -0.25) is 9.88 Å². The zero-order chi connectivity index (χ0) is 21.0. The van der Waals surface area contributed by atoms with Crippen molar-refractivity contribution in [2.24, 2.45) is 0 Å². The van der Waals surface area contributed by atoms with Crippen molar-refractivity contribution < 1.29 is 17.9 Å². The van der Waals surface area contributed by atoms with Gasteiger partial charge in [-0.25, -0.2) is 0 Å². The maximum atomic E-state index is 12.7. The summed E-state index contributed by atoms with van der Waals surface area (Å²) in [6.45, 7) is 2.13. The lowest BCUT2D eigenvalue weighted by Crippen LogP contribution is -2.35. The molecule has 2 heterocycles. The number of ether oxygens (including phenoxy) is 1. The SMILES string of the molecule is FC(F)(F)c1ccc(OCCCN2Cc3ccccc3C[C@@H]2c2cccnc2)cc1. The smallest absolute Gasteiger partial charge is 0.416 e. The minimum absolute atomic E-state index is 0.250. The highest BCUT2D eigenvalue weighted by Crippen LogP contribution is 2.33. The van der Waals surface area contributed by atoms with Gasteiger partial charge in [0.2, 0.25) is 0 Å². The van der Waals surface area contributed by atoms with E-state index in [-0.39, 0.29) is 6.04 Å². The normalized spacial score (nSPS) is 16.8. The molecule has 1 atom stereocenters. The van der Waals surface area contributed by atoms with Crippen molar-refractivity contribution in [3.8, 4) is 5.75 Å². The molecule has 3 aromatic rings. The van der Waals surface area contributed by atoms with Crippen LogP contribution in [0.5, 0.6) is 5.75 Å². The molecule has 0 saturated carbocycles. The number of aromatic nitrogens is 1. The number of pyridine rings is 1. The van der Waals surface area contributed by atoms with Crippen LogP contribution in [0.25, 0.3) is 0 Å². The van der Waals surface area contributed by atoms with Gasteiger partial charge in [0.25, 0.3) is 0 Å². The number of halogens is 3. The van der Waals surface area contributed by atoms with Gasteiger partial charge >= 0.3 is 6.18 Å². The molecule has 30 heavy (non-hydrogen) atoms. The van der Waals surface area contributed by atoms with Crippen LogP contribution in [-0.2, 0) is 19.1 Å². The van der Waals surface area contributed by atoms with Gasteiger partial charge in [-0.05, 0) is 59.9 Å². The Labute approximate surface area is 174 Å². The summed E-state index contributed by atoms with van der Waals surface area (Å²) < 4.78 is 43.7. The zero-order valence-corrected chi connectivity index (χ0v) is 16.5. The van der Waals surface area contributed by atoms with Crippen LogP contribution in [0.3, 0.4) is 0 Å². The molecule has 0 unspecified atom stereocenters. The Kier molecular flexibility index (Phi) is 6.04. The molecule has 0 amide bonds. The van der Waals surface area contributed by atoms with E-state index in [4.69, 9.17) is 4.74 Å². The minimum atomic E-state index is -4.33. The van der Waals surface area contributed by atoms with Gasteiger partial charge in [-0.1, -0.05) is 30.3 Å². The van der Waals surface area contributed by atoms with E-state index >= 15 is 0 Å². The minimum Gasteiger partial charge on any atom is -0.494 e. The monoisotopic (exact) mass is 412 g/mol. The highest BCUT2D eigenvalue weighted by molar-refractivity contribution is 5.33. The van der Waals surface area contributed by atoms with E-state index in [1.54, 1.807) is 6.20 Å². The first-order chi connectivity index (χ1) is 14.5. The number of benzene rings is 2. The Morgan fingerprint density at radius 2 is 1.73 bits per heavy atom. The average Bonchev–Trinajstić information content (AvgIpc) is 2.76. The first-order valence-corrected chi connectivity index (χ1v) is 10.0. The molecule has 156 valence electrons. The lowest BCUT2D eigenvalue weighted by Gasteiger charge is -2.37. The topological polar surface area (TPSA) is 25.4 Å². The average molecular weight is 412 g/mol. The molecule has 0 saturated heterocycles. The molecule has 4 rings (SSSR count). The molecular weight excluding hydrogens is 389 g/mol. The number of fused-ring (bicyclic) bond motifs is 1. The first kappa shape index (κ1) is 20.4. The quantitative estimate of drug-likeness (QED) is 0.488. The maximum absolute atomic E-state index is 12.7. The summed E-state index contributed by atoms with van der Waals surface area (Å²) in [5.74, 6) is 0.454. The van der Waals surface area contributed by atoms with Gasteiger partial charge in [-0.2, -0.15) is 13.2 Å². The Morgan fingerprint density at radius 3 is 2.43 bits per heavy atom. The van der Waals surface area contributed by atoms with Crippen LogP contribution in [0.2, 0.25) is 0 Å². The molecule has 0 radical (unpaired) electrons. The van der Waals surface area contributed by atoms with Crippen molar-refractivity contribution in [1.29, 1.82) is 0 Å². The molecule has 6 heteroatoms. The molecule has 0 bridgehead atoms. The molecule has 1 aliphatic rings. The first-order valence-electron chi connectivity index (χ1n) is 10.0. The Morgan fingerprint density at radius 1 is 0.967 bits per heavy atom. The highest BCUT2D eigenvalue weighted by atomic mass is 19.4. The standard InChI is InChI=1S/C24H23F3N2O/c25-24(26,27)21-8-10-22(11-9-21)30-14-4-13-29-17-20-6-2-1-5-18(20)15-23(29)19-7-3-12-28-16-19/h1-3,5-12,16,23H,4,13-15,17H2/t23-/m1/s1. The molecular formula is C24H23F3N2O. The van der Waals surface area contributed by atoms with Crippen molar-refractivity contribution in [3.63, 3.8) is 0 Å². The number of nitrogens with zero attached hydrogens (tertiary/aromatic N) is 2. The summed E-state index contributed by atoms with van der Waals surface area (Å²) in [7, 11) is 0. The predicted molar refractivity (Wildman–Crippen MR) is 109 cm³/mol. The Hall–Kier alpha value is -2.86. The van der Waals surface area contributed by atoms with Crippen molar-refractivity contribution in [3.05, 3.63) is 95.3 Å². The van der Waals surface area contributed by atoms with Crippen LogP contribution in [-0.4, -0.2) is 23.0 Å².